The Morgan fingerprint density at radius 2 is 1.95 bits per heavy atom. The van der Waals surface area contributed by atoms with E-state index in [4.69, 9.17) is 4.74 Å². The van der Waals surface area contributed by atoms with Crippen LogP contribution in [0.2, 0.25) is 0 Å². The van der Waals surface area contributed by atoms with Crippen LogP contribution in [0.5, 0.6) is 0 Å². The molecule has 0 unspecified atom stereocenters. The maximum absolute atomic E-state index is 13.1. The van der Waals surface area contributed by atoms with Gasteiger partial charge in [-0.1, -0.05) is 6.07 Å². The molecular formula is C15H9FN2O2. The van der Waals surface area contributed by atoms with Crippen LogP contribution in [-0.2, 0) is 9.53 Å². The van der Waals surface area contributed by atoms with Gasteiger partial charge in [-0.15, -0.1) is 0 Å². The highest BCUT2D eigenvalue weighted by molar-refractivity contribution is 6.12. The summed E-state index contributed by atoms with van der Waals surface area (Å²) in [6.45, 7) is 0. The Labute approximate surface area is 114 Å². The highest BCUT2D eigenvalue weighted by Gasteiger charge is 2.24. The molecule has 0 amide bonds. The lowest BCUT2D eigenvalue weighted by atomic mass is 10.2. The summed E-state index contributed by atoms with van der Waals surface area (Å²) < 4.78 is 18.2. The van der Waals surface area contributed by atoms with Crippen LogP contribution in [0.15, 0.2) is 59.5 Å². The van der Waals surface area contributed by atoms with Crippen molar-refractivity contribution in [2.45, 2.75) is 0 Å². The smallest absolute Gasteiger partial charge is 0.363 e. The van der Waals surface area contributed by atoms with E-state index >= 15 is 0 Å². The standard InChI is InChI=1S/C15H9FN2O2/c16-12-3-1-2-11(9-12)14-18-13(15(19)20-14)8-10-4-6-17-7-5-10/h1-9H/b13-8+. The molecule has 2 heterocycles. The van der Waals surface area contributed by atoms with Crippen molar-refractivity contribution in [3.8, 4) is 0 Å². The van der Waals surface area contributed by atoms with E-state index < -0.39 is 11.8 Å². The van der Waals surface area contributed by atoms with E-state index in [-0.39, 0.29) is 11.6 Å². The SMILES string of the molecule is O=C1OC(c2cccc(F)c2)=N/C1=C/c1ccncc1. The van der Waals surface area contributed by atoms with Crippen LogP contribution in [-0.4, -0.2) is 16.9 Å². The minimum absolute atomic E-state index is 0.106. The molecule has 4 nitrogen and oxygen atoms in total. The number of esters is 1. The normalized spacial score (nSPS) is 16.1. The van der Waals surface area contributed by atoms with Crippen molar-refractivity contribution >= 4 is 17.9 Å². The Morgan fingerprint density at radius 1 is 1.15 bits per heavy atom. The van der Waals surface area contributed by atoms with Crippen LogP contribution in [0.4, 0.5) is 4.39 Å². The highest BCUT2D eigenvalue weighted by atomic mass is 19.1. The number of aliphatic imine (C=N–C) groups is 1. The third kappa shape index (κ3) is 2.47. The number of pyridine rings is 1. The molecule has 0 aliphatic carbocycles. The minimum Gasteiger partial charge on any atom is -0.402 e. The highest BCUT2D eigenvalue weighted by Crippen LogP contribution is 2.19. The van der Waals surface area contributed by atoms with Crippen molar-refractivity contribution < 1.29 is 13.9 Å². The molecule has 3 rings (SSSR count). The summed E-state index contributed by atoms with van der Waals surface area (Å²) in [5.74, 6) is -0.858. The minimum atomic E-state index is -0.555. The van der Waals surface area contributed by atoms with Gasteiger partial charge >= 0.3 is 5.97 Å². The molecule has 0 saturated carbocycles. The van der Waals surface area contributed by atoms with Crippen molar-refractivity contribution in [3.05, 3.63) is 71.4 Å². The number of rotatable bonds is 2. The number of cyclic esters (lactones) is 1. The molecule has 98 valence electrons. The van der Waals surface area contributed by atoms with E-state index in [0.29, 0.717) is 5.56 Å². The number of hydrogen-bond acceptors (Lipinski definition) is 4. The predicted octanol–water partition coefficient (Wildman–Crippen LogP) is 2.57. The number of carbonyl (C=O) groups is 1. The Hall–Kier alpha value is -2.82. The first kappa shape index (κ1) is 12.2. The van der Waals surface area contributed by atoms with Crippen LogP contribution in [0.25, 0.3) is 6.08 Å². The molecule has 20 heavy (non-hydrogen) atoms. The second-order valence-electron chi connectivity index (χ2n) is 4.13. The second-order valence-corrected chi connectivity index (χ2v) is 4.13. The molecule has 1 aliphatic heterocycles. The van der Waals surface area contributed by atoms with Crippen LogP contribution in [0.3, 0.4) is 0 Å². The first-order valence-corrected chi connectivity index (χ1v) is 5.91. The van der Waals surface area contributed by atoms with Gasteiger partial charge in [0.25, 0.3) is 0 Å². The van der Waals surface area contributed by atoms with Gasteiger partial charge in [0.15, 0.2) is 5.70 Å². The molecule has 1 aliphatic rings. The average Bonchev–Trinajstić information content (AvgIpc) is 2.81. The number of nitrogens with zero attached hydrogens (tertiary/aromatic N) is 2. The Balaban J connectivity index is 1.95. The predicted molar refractivity (Wildman–Crippen MR) is 71.2 cm³/mol. The molecule has 0 saturated heterocycles. The zero-order chi connectivity index (χ0) is 13.9. The molecule has 0 fully saturated rings. The van der Waals surface area contributed by atoms with Gasteiger partial charge in [-0.2, -0.15) is 0 Å². The topological polar surface area (TPSA) is 51.5 Å². The summed E-state index contributed by atoms with van der Waals surface area (Å²) in [7, 11) is 0. The average molecular weight is 268 g/mol. The van der Waals surface area contributed by atoms with Gasteiger partial charge in [-0.05, 0) is 42.0 Å². The van der Waals surface area contributed by atoms with Crippen LogP contribution in [0, 0.1) is 5.82 Å². The fourth-order valence-corrected chi connectivity index (χ4v) is 1.77. The number of aromatic nitrogens is 1. The fraction of sp³-hybridized carbons (Fsp3) is 0. The maximum Gasteiger partial charge on any atom is 0.363 e. The van der Waals surface area contributed by atoms with Crippen LogP contribution >= 0.6 is 0 Å². The van der Waals surface area contributed by atoms with Crippen molar-refractivity contribution in [1.82, 2.24) is 4.98 Å². The van der Waals surface area contributed by atoms with Crippen molar-refractivity contribution in [3.63, 3.8) is 0 Å². The molecule has 5 heteroatoms. The number of benzene rings is 1. The monoisotopic (exact) mass is 268 g/mol. The lowest BCUT2D eigenvalue weighted by Gasteiger charge is -1.98. The maximum atomic E-state index is 13.1. The number of halogens is 1. The van der Waals surface area contributed by atoms with Gasteiger partial charge in [0.1, 0.15) is 5.82 Å². The summed E-state index contributed by atoms with van der Waals surface area (Å²) >= 11 is 0. The molecule has 0 atom stereocenters. The Bertz CT molecular complexity index is 724. The van der Waals surface area contributed by atoms with E-state index in [1.54, 1.807) is 36.7 Å². The Morgan fingerprint density at radius 3 is 2.70 bits per heavy atom. The summed E-state index contributed by atoms with van der Waals surface area (Å²) in [5.41, 5.74) is 1.39. The summed E-state index contributed by atoms with van der Waals surface area (Å²) in [4.78, 5) is 19.7. The van der Waals surface area contributed by atoms with Crippen LogP contribution in [0.1, 0.15) is 11.1 Å². The Kier molecular flexibility index (Phi) is 3.09. The third-order valence-corrected chi connectivity index (χ3v) is 2.70. The van der Waals surface area contributed by atoms with E-state index in [2.05, 4.69) is 9.98 Å². The summed E-state index contributed by atoms with van der Waals surface area (Å²) in [6.07, 6.45) is 4.82. The summed E-state index contributed by atoms with van der Waals surface area (Å²) in [5, 5.41) is 0. The lowest BCUT2D eigenvalue weighted by Crippen LogP contribution is -2.05. The van der Waals surface area contributed by atoms with Gasteiger partial charge in [-0.3, -0.25) is 4.98 Å². The molecule has 0 bridgehead atoms. The molecule has 0 spiro atoms. The van der Waals surface area contributed by atoms with Crippen molar-refractivity contribution in [2.24, 2.45) is 4.99 Å². The molecular weight excluding hydrogens is 259 g/mol. The van der Waals surface area contributed by atoms with E-state index in [1.165, 1.54) is 18.2 Å². The van der Waals surface area contributed by atoms with Gasteiger partial charge in [0.2, 0.25) is 5.90 Å². The number of hydrogen-bond donors (Lipinski definition) is 0. The van der Waals surface area contributed by atoms with E-state index in [1.807, 2.05) is 0 Å². The van der Waals surface area contributed by atoms with Gasteiger partial charge in [-0.25, -0.2) is 14.2 Å². The molecule has 2 aromatic rings. The zero-order valence-electron chi connectivity index (χ0n) is 10.3. The van der Waals surface area contributed by atoms with E-state index in [9.17, 15) is 9.18 Å². The molecule has 1 aromatic heterocycles. The van der Waals surface area contributed by atoms with Gasteiger partial charge in [0.05, 0.1) is 0 Å². The number of carbonyl (C=O) groups excluding carboxylic acids is 1. The molecule has 0 N–H and O–H groups in total. The van der Waals surface area contributed by atoms with Gasteiger partial charge in [0, 0.05) is 18.0 Å². The van der Waals surface area contributed by atoms with Crippen molar-refractivity contribution in [1.29, 1.82) is 0 Å². The summed E-state index contributed by atoms with van der Waals surface area (Å²) in [6, 6.07) is 9.23. The lowest BCUT2D eigenvalue weighted by molar-refractivity contribution is -0.129. The quantitative estimate of drug-likeness (QED) is 0.621. The van der Waals surface area contributed by atoms with Crippen LogP contribution < -0.4 is 0 Å². The molecule has 0 radical (unpaired) electrons. The largest absolute Gasteiger partial charge is 0.402 e. The third-order valence-electron chi connectivity index (χ3n) is 2.70. The fourth-order valence-electron chi connectivity index (χ4n) is 1.77. The number of ether oxygens (including phenoxy) is 1. The zero-order valence-corrected chi connectivity index (χ0v) is 10.3. The van der Waals surface area contributed by atoms with Gasteiger partial charge < -0.3 is 4.74 Å². The van der Waals surface area contributed by atoms with E-state index in [0.717, 1.165) is 5.56 Å². The first-order chi connectivity index (χ1) is 9.72. The molecule has 1 aromatic carbocycles. The van der Waals surface area contributed by atoms with Crippen molar-refractivity contribution in [2.75, 3.05) is 0 Å². The first-order valence-electron chi connectivity index (χ1n) is 5.91. The second kappa shape index (κ2) is 5.05.